The minimum absolute atomic E-state index is 0.0302. The number of pyridine rings is 1. The molecule has 0 spiro atoms. The van der Waals surface area contributed by atoms with Crippen LogP contribution in [0.15, 0.2) is 41.2 Å². The van der Waals surface area contributed by atoms with Crippen LogP contribution in [0.25, 0.3) is 0 Å². The fourth-order valence-corrected chi connectivity index (χ4v) is 2.82. The number of aryl methyl sites for hydroxylation is 2. The topological polar surface area (TPSA) is 62.0 Å². The lowest BCUT2D eigenvalue weighted by atomic mass is 9.93. The Balaban J connectivity index is 2.13. The summed E-state index contributed by atoms with van der Waals surface area (Å²) in [6, 6.07) is 11.7. The van der Waals surface area contributed by atoms with Gasteiger partial charge in [0.2, 0.25) is 5.91 Å². The Kier molecular flexibility index (Phi) is 5.74. The van der Waals surface area contributed by atoms with Crippen molar-refractivity contribution in [2.75, 3.05) is 0 Å². The van der Waals surface area contributed by atoms with E-state index in [1.807, 2.05) is 50.2 Å². The molecule has 0 saturated heterocycles. The first-order chi connectivity index (χ1) is 11.0. The Morgan fingerprint density at radius 2 is 1.91 bits per heavy atom. The van der Waals surface area contributed by atoms with Gasteiger partial charge in [0.1, 0.15) is 0 Å². The van der Waals surface area contributed by atoms with E-state index in [-0.39, 0.29) is 23.9 Å². The van der Waals surface area contributed by atoms with Crippen LogP contribution in [0.1, 0.15) is 48.1 Å². The summed E-state index contributed by atoms with van der Waals surface area (Å²) in [7, 11) is 0. The zero-order valence-electron chi connectivity index (χ0n) is 14.0. The highest BCUT2D eigenvalue weighted by atomic mass is 16.2. The van der Waals surface area contributed by atoms with Gasteiger partial charge in [-0.3, -0.25) is 9.59 Å². The molecule has 0 aliphatic carbocycles. The maximum Gasteiger partial charge on any atom is 0.253 e. The van der Waals surface area contributed by atoms with Gasteiger partial charge in [0, 0.05) is 17.8 Å². The van der Waals surface area contributed by atoms with E-state index in [2.05, 4.69) is 17.2 Å². The molecule has 122 valence electrons. The van der Waals surface area contributed by atoms with Crippen molar-refractivity contribution >= 4 is 5.91 Å². The number of benzene rings is 1. The van der Waals surface area contributed by atoms with Crippen LogP contribution in [-0.2, 0) is 11.3 Å². The van der Waals surface area contributed by atoms with Gasteiger partial charge in [0.05, 0.1) is 5.92 Å². The van der Waals surface area contributed by atoms with Gasteiger partial charge >= 0.3 is 0 Å². The Bertz CT molecular complexity index is 720. The molecule has 1 amide bonds. The van der Waals surface area contributed by atoms with Crippen LogP contribution in [0.5, 0.6) is 0 Å². The molecule has 0 bridgehead atoms. The summed E-state index contributed by atoms with van der Waals surface area (Å²) in [4.78, 5) is 27.4. The molecule has 1 unspecified atom stereocenters. The summed E-state index contributed by atoms with van der Waals surface area (Å²) in [6.07, 6.45) is 1.72. The van der Waals surface area contributed by atoms with Gasteiger partial charge in [-0.05, 0) is 37.5 Å². The highest BCUT2D eigenvalue weighted by Crippen LogP contribution is 2.21. The molecule has 0 aliphatic heterocycles. The highest BCUT2D eigenvalue weighted by molar-refractivity contribution is 5.83. The van der Waals surface area contributed by atoms with Crippen LogP contribution in [0.3, 0.4) is 0 Å². The molecule has 0 radical (unpaired) electrons. The average Bonchev–Trinajstić information content (AvgIpc) is 2.52. The van der Waals surface area contributed by atoms with Gasteiger partial charge in [-0.25, -0.2) is 0 Å². The van der Waals surface area contributed by atoms with E-state index in [1.165, 1.54) is 0 Å². The van der Waals surface area contributed by atoms with Crippen molar-refractivity contribution in [3.8, 4) is 0 Å². The van der Waals surface area contributed by atoms with Gasteiger partial charge in [0.25, 0.3) is 5.56 Å². The van der Waals surface area contributed by atoms with Crippen molar-refractivity contribution < 1.29 is 4.79 Å². The second kappa shape index (κ2) is 7.77. The lowest BCUT2D eigenvalue weighted by molar-refractivity contribution is -0.122. The van der Waals surface area contributed by atoms with Gasteiger partial charge < -0.3 is 10.3 Å². The number of H-pyrrole nitrogens is 1. The molecule has 1 heterocycles. The molecule has 4 heteroatoms. The smallest absolute Gasteiger partial charge is 0.253 e. The average molecular weight is 312 g/mol. The molecular weight excluding hydrogens is 288 g/mol. The molecule has 2 rings (SSSR count). The maximum atomic E-state index is 12.6. The highest BCUT2D eigenvalue weighted by Gasteiger charge is 2.19. The van der Waals surface area contributed by atoms with Crippen molar-refractivity contribution in [3.63, 3.8) is 0 Å². The Morgan fingerprint density at radius 3 is 2.52 bits per heavy atom. The van der Waals surface area contributed by atoms with Crippen LogP contribution >= 0.6 is 0 Å². The summed E-state index contributed by atoms with van der Waals surface area (Å²) >= 11 is 0. The maximum absolute atomic E-state index is 12.6. The van der Waals surface area contributed by atoms with E-state index < -0.39 is 0 Å². The molecule has 0 fully saturated rings. The van der Waals surface area contributed by atoms with Crippen molar-refractivity contribution in [1.82, 2.24) is 10.3 Å². The second-order valence-electron chi connectivity index (χ2n) is 5.91. The van der Waals surface area contributed by atoms with Gasteiger partial charge in [-0.2, -0.15) is 0 Å². The van der Waals surface area contributed by atoms with Gasteiger partial charge in [0.15, 0.2) is 0 Å². The molecule has 1 aromatic heterocycles. The minimum Gasteiger partial charge on any atom is -0.351 e. The zero-order valence-corrected chi connectivity index (χ0v) is 14.0. The molecule has 4 nitrogen and oxygen atoms in total. The number of carbonyl (C=O) groups excluding carboxylic acids is 1. The molecular formula is C19H24N2O2. The van der Waals surface area contributed by atoms with Gasteiger partial charge in [-0.1, -0.05) is 43.7 Å². The Hall–Kier alpha value is -2.36. The SMILES string of the molecule is CCCC(C(=O)NCc1c(C)cc(C)[nH]c1=O)c1ccccc1. The first kappa shape index (κ1) is 17.0. The van der Waals surface area contributed by atoms with E-state index in [9.17, 15) is 9.59 Å². The standard InChI is InChI=1S/C19H24N2O2/c1-4-8-16(15-9-6-5-7-10-15)18(22)20-12-17-13(2)11-14(3)21-19(17)23/h5-7,9-11,16H,4,8,12H2,1-3H3,(H,20,22)(H,21,23). The normalized spacial score (nSPS) is 12.0. The van der Waals surface area contributed by atoms with E-state index >= 15 is 0 Å². The molecule has 2 N–H and O–H groups in total. The third-order valence-corrected chi connectivity index (χ3v) is 4.03. The Labute approximate surface area is 137 Å². The lowest BCUT2D eigenvalue weighted by Crippen LogP contribution is -2.31. The first-order valence-electron chi connectivity index (χ1n) is 8.05. The monoisotopic (exact) mass is 312 g/mol. The predicted octanol–water partition coefficient (Wildman–Crippen LogP) is 3.19. The van der Waals surface area contributed by atoms with Crippen LogP contribution in [-0.4, -0.2) is 10.9 Å². The third-order valence-electron chi connectivity index (χ3n) is 4.03. The molecule has 1 atom stereocenters. The van der Waals surface area contributed by atoms with Crippen molar-refractivity contribution in [1.29, 1.82) is 0 Å². The van der Waals surface area contributed by atoms with Gasteiger partial charge in [-0.15, -0.1) is 0 Å². The number of amides is 1. The van der Waals surface area contributed by atoms with Crippen molar-refractivity contribution in [3.05, 3.63) is 69.1 Å². The van der Waals surface area contributed by atoms with E-state index in [0.717, 1.165) is 29.7 Å². The summed E-state index contributed by atoms with van der Waals surface area (Å²) in [5.41, 5.74) is 3.23. The predicted molar refractivity (Wildman–Crippen MR) is 92.5 cm³/mol. The van der Waals surface area contributed by atoms with Crippen molar-refractivity contribution in [2.24, 2.45) is 0 Å². The van der Waals surface area contributed by atoms with Crippen LogP contribution < -0.4 is 10.9 Å². The Morgan fingerprint density at radius 1 is 1.22 bits per heavy atom. The quantitative estimate of drug-likeness (QED) is 0.860. The summed E-state index contributed by atoms with van der Waals surface area (Å²) in [5.74, 6) is -0.205. The van der Waals surface area contributed by atoms with Crippen LogP contribution in [0.2, 0.25) is 0 Å². The van der Waals surface area contributed by atoms with E-state index in [1.54, 1.807) is 0 Å². The number of nitrogens with one attached hydrogen (secondary N) is 2. The van der Waals surface area contributed by atoms with Crippen molar-refractivity contribution in [2.45, 2.75) is 46.1 Å². The fourth-order valence-electron chi connectivity index (χ4n) is 2.82. The molecule has 0 aliphatic rings. The molecule has 1 aromatic carbocycles. The summed E-state index contributed by atoms with van der Waals surface area (Å²) in [6.45, 7) is 6.07. The minimum atomic E-state index is -0.175. The number of aromatic nitrogens is 1. The summed E-state index contributed by atoms with van der Waals surface area (Å²) in [5, 5.41) is 2.92. The zero-order chi connectivity index (χ0) is 16.8. The molecule has 0 saturated carbocycles. The van der Waals surface area contributed by atoms with Crippen LogP contribution in [0, 0.1) is 13.8 Å². The third kappa shape index (κ3) is 4.31. The number of aromatic amines is 1. The number of hydrogen-bond donors (Lipinski definition) is 2. The largest absolute Gasteiger partial charge is 0.351 e. The first-order valence-corrected chi connectivity index (χ1v) is 8.05. The van der Waals surface area contributed by atoms with E-state index in [4.69, 9.17) is 0 Å². The number of carbonyl (C=O) groups is 1. The van der Waals surface area contributed by atoms with Crippen LogP contribution in [0.4, 0.5) is 0 Å². The molecule has 23 heavy (non-hydrogen) atoms. The number of rotatable bonds is 6. The fraction of sp³-hybridized carbons (Fsp3) is 0.368. The summed E-state index contributed by atoms with van der Waals surface area (Å²) < 4.78 is 0. The second-order valence-corrected chi connectivity index (χ2v) is 5.91. The van der Waals surface area contributed by atoms with E-state index in [0.29, 0.717) is 5.56 Å². The lowest BCUT2D eigenvalue weighted by Gasteiger charge is -2.17. The molecule has 2 aromatic rings. The number of hydrogen-bond acceptors (Lipinski definition) is 2.